The van der Waals surface area contributed by atoms with Crippen LogP contribution in [0.3, 0.4) is 0 Å². The van der Waals surface area contributed by atoms with Gasteiger partial charge >= 0.3 is 0 Å². The first-order valence-electron chi connectivity index (χ1n) is 5.33. The lowest BCUT2D eigenvalue weighted by Crippen LogP contribution is -2.15. The van der Waals surface area contributed by atoms with E-state index < -0.39 is 0 Å². The number of allylic oxidation sites excluding steroid dienone is 1. The smallest absolute Gasteiger partial charge is 0.120 e. The molecule has 0 bridgehead atoms. The lowest BCUT2D eigenvalue weighted by molar-refractivity contribution is 0.225. The van der Waals surface area contributed by atoms with Crippen LogP contribution in [-0.4, -0.2) is 16.3 Å². The van der Waals surface area contributed by atoms with Crippen molar-refractivity contribution < 1.29 is 10.2 Å². The number of para-hydroxylation sites is 1. The number of hydrogen-bond acceptors (Lipinski definition) is 3. The van der Waals surface area contributed by atoms with E-state index in [9.17, 15) is 10.2 Å². The van der Waals surface area contributed by atoms with Gasteiger partial charge < -0.3 is 15.5 Å². The predicted molar refractivity (Wildman–Crippen MR) is 62.8 cm³/mol. The monoisotopic (exact) mass is 217 g/mol. The predicted octanol–water partition coefficient (Wildman–Crippen LogP) is 1.69. The molecule has 0 amide bonds. The third kappa shape index (κ3) is 2.64. The Labute approximate surface area is 94.7 Å². The fourth-order valence-corrected chi connectivity index (χ4v) is 1.60. The van der Waals surface area contributed by atoms with Crippen LogP contribution in [0.15, 0.2) is 48.2 Å². The van der Waals surface area contributed by atoms with E-state index in [1.165, 1.54) is 0 Å². The molecule has 1 aliphatic carbocycles. The number of benzene rings is 1. The molecule has 0 spiro atoms. The Hall–Kier alpha value is -1.74. The Balaban J connectivity index is 1.94. The van der Waals surface area contributed by atoms with Gasteiger partial charge in [-0.05, 0) is 18.6 Å². The number of nitrogens with one attached hydrogen (secondary N) is 1. The molecule has 1 unspecified atom stereocenters. The summed E-state index contributed by atoms with van der Waals surface area (Å²) >= 11 is 0. The van der Waals surface area contributed by atoms with Gasteiger partial charge in [0, 0.05) is 17.8 Å². The van der Waals surface area contributed by atoms with E-state index in [0.29, 0.717) is 18.7 Å². The van der Waals surface area contributed by atoms with Crippen molar-refractivity contribution in [1.29, 1.82) is 0 Å². The summed E-state index contributed by atoms with van der Waals surface area (Å²) in [6.07, 6.45) is 5.83. The Morgan fingerprint density at radius 2 is 2.12 bits per heavy atom. The first-order valence-corrected chi connectivity index (χ1v) is 5.33. The molecule has 16 heavy (non-hydrogen) atoms. The van der Waals surface area contributed by atoms with E-state index in [1.807, 2.05) is 24.3 Å². The molecule has 84 valence electrons. The molecule has 0 saturated heterocycles. The van der Waals surface area contributed by atoms with Crippen molar-refractivity contribution in [2.45, 2.75) is 19.1 Å². The van der Waals surface area contributed by atoms with Crippen LogP contribution in [0.25, 0.3) is 0 Å². The molecule has 0 heterocycles. The third-order valence-electron chi connectivity index (χ3n) is 2.55. The Bertz CT molecular complexity index is 424. The van der Waals surface area contributed by atoms with Crippen LogP contribution in [-0.2, 0) is 6.54 Å². The van der Waals surface area contributed by atoms with E-state index in [0.717, 1.165) is 11.3 Å². The Morgan fingerprint density at radius 1 is 1.31 bits per heavy atom. The quantitative estimate of drug-likeness (QED) is 0.722. The van der Waals surface area contributed by atoms with E-state index in [4.69, 9.17) is 0 Å². The highest BCUT2D eigenvalue weighted by atomic mass is 16.3. The van der Waals surface area contributed by atoms with Gasteiger partial charge in [0.15, 0.2) is 0 Å². The second kappa shape index (κ2) is 4.86. The van der Waals surface area contributed by atoms with Gasteiger partial charge in [0.2, 0.25) is 0 Å². The summed E-state index contributed by atoms with van der Waals surface area (Å²) in [6, 6.07) is 7.25. The lowest BCUT2D eigenvalue weighted by atomic mass is 10.1. The van der Waals surface area contributed by atoms with Crippen LogP contribution in [0.5, 0.6) is 5.75 Å². The maximum atomic E-state index is 9.56. The van der Waals surface area contributed by atoms with Crippen molar-refractivity contribution in [2.75, 3.05) is 0 Å². The Morgan fingerprint density at radius 3 is 2.81 bits per heavy atom. The molecule has 0 saturated carbocycles. The molecular weight excluding hydrogens is 202 g/mol. The highest BCUT2D eigenvalue weighted by molar-refractivity contribution is 5.32. The summed E-state index contributed by atoms with van der Waals surface area (Å²) in [7, 11) is 0. The second-order valence-electron chi connectivity index (χ2n) is 3.80. The van der Waals surface area contributed by atoms with Gasteiger partial charge in [-0.25, -0.2) is 0 Å². The molecule has 3 nitrogen and oxygen atoms in total. The lowest BCUT2D eigenvalue weighted by Gasteiger charge is -2.13. The molecule has 1 aromatic rings. The molecule has 0 fully saturated rings. The van der Waals surface area contributed by atoms with Gasteiger partial charge in [-0.15, -0.1) is 0 Å². The minimum absolute atomic E-state index is 0.301. The summed E-state index contributed by atoms with van der Waals surface area (Å²) in [5.41, 5.74) is 1.84. The normalized spacial score (nSPS) is 19.3. The largest absolute Gasteiger partial charge is 0.508 e. The van der Waals surface area contributed by atoms with E-state index in [-0.39, 0.29) is 6.10 Å². The fourth-order valence-electron chi connectivity index (χ4n) is 1.60. The highest BCUT2D eigenvalue weighted by Gasteiger charge is 2.05. The number of aliphatic hydroxyl groups is 1. The van der Waals surface area contributed by atoms with Gasteiger partial charge in [0.25, 0.3) is 0 Å². The zero-order valence-corrected chi connectivity index (χ0v) is 8.93. The molecule has 3 N–H and O–H groups in total. The number of aromatic hydroxyl groups is 1. The van der Waals surface area contributed by atoms with Crippen LogP contribution >= 0.6 is 0 Å². The molecule has 0 aromatic heterocycles. The maximum Gasteiger partial charge on any atom is 0.120 e. The summed E-state index contributed by atoms with van der Waals surface area (Å²) in [5.74, 6) is 0.301. The first kappa shape index (κ1) is 10.8. The first-order chi connectivity index (χ1) is 7.75. The summed E-state index contributed by atoms with van der Waals surface area (Å²) < 4.78 is 0. The number of phenols is 1. The topological polar surface area (TPSA) is 52.5 Å². The number of rotatable bonds is 3. The van der Waals surface area contributed by atoms with Gasteiger partial charge in [0.1, 0.15) is 5.75 Å². The second-order valence-corrected chi connectivity index (χ2v) is 3.80. The molecule has 3 heteroatoms. The SMILES string of the molecule is Oc1ccccc1CNC1=CCC(O)C=C1. The standard InChI is InChI=1S/C13H15NO2/c15-12-7-5-11(6-8-12)14-9-10-3-1-2-4-13(10)16/h1-7,12,14-16H,8-9H2. The van der Waals surface area contributed by atoms with Crippen LogP contribution in [0.4, 0.5) is 0 Å². The van der Waals surface area contributed by atoms with E-state index in [1.54, 1.807) is 18.2 Å². The summed E-state index contributed by atoms with van der Waals surface area (Å²) in [6.45, 7) is 0.582. The number of hydrogen-bond donors (Lipinski definition) is 3. The Kier molecular flexibility index (Phi) is 3.27. The van der Waals surface area contributed by atoms with Crippen LogP contribution in [0.1, 0.15) is 12.0 Å². The fraction of sp³-hybridized carbons (Fsp3) is 0.231. The average molecular weight is 217 g/mol. The molecule has 1 atom stereocenters. The average Bonchev–Trinajstić information content (AvgIpc) is 2.30. The summed E-state index contributed by atoms with van der Waals surface area (Å²) in [4.78, 5) is 0. The van der Waals surface area contributed by atoms with Gasteiger partial charge in [0.05, 0.1) is 6.10 Å². The zero-order valence-electron chi connectivity index (χ0n) is 8.93. The molecule has 2 rings (SSSR count). The van der Waals surface area contributed by atoms with Gasteiger partial charge in [-0.2, -0.15) is 0 Å². The van der Waals surface area contributed by atoms with Gasteiger partial charge in [-0.1, -0.05) is 30.4 Å². The van der Waals surface area contributed by atoms with E-state index >= 15 is 0 Å². The van der Waals surface area contributed by atoms with Crippen LogP contribution in [0, 0.1) is 0 Å². The minimum Gasteiger partial charge on any atom is -0.508 e. The number of aliphatic hydroxyl groups excluding tert-OH is 1. The molecule has 0 radical (unpaired) electrons. The van der Waals surface area contributed by atoms with Crippen molar-refractivity contribution in [1.82, 2.24) is 5.32 Å². The van der Waals surface area contributed by atoms with Crippen molar-refractivity contribution in [2.24, 2.45) is 0 Å². The third-order valence-corrected chi connectivity index (χ3v) is 2.55. The summed E-state index contributed by atoms with van der Waals surface area (Å²) in [5, 5.41) is 22.0. The van der Waals surface area contributed by atoms with Crippen molar-refractivity contribution >= 4 is 0 Å². The van der Waals surface area contributed by atoms with Crippen molar-refractivity contribution in [3.8, 4) is 5.75 Å². The maximum absolute atomic E-state index is 9.56. The van der Waals surface area contributed by atoms with Crippen molar-refractivity contribution in [3.05, 3.63) is 53.8 Å². The molecule has 0 aliphatic heterocycles. The molecular formula is C13H15NO2. The highest BCUT2D eigenvalue weighted by Crippen LogP contribution is 2.16. The van der Waals surface area contributed by atoms with Crippen LogP contribution in [0.2, 0.25) is 0 Å². The zero-order chi connectivity index (χ0) is 11.4. The van der Waals surface area contributed by atoms with Crippen LogP contribution < -0.4 is 5.32 Å². The number of phenolic OH excluding ortho intramolecular Hbond substituents is 1. The van der Waals surface area contributed by atoms with Gasteiger partial charge in [-0.3, -0.25) is 0 Å². The minimum atomic E-state index is -0.365. The molecule has 1 aliphatic rings. The van der Waals surface area contributed by atoms with E-state index in [2.05, 4.69) is 5.32 Å². The van der Waals surface area contributed by atoms with Crippen molar-refractivity contribution in [3.63, 3.8) is 0 Å². The molecule has 1 aromatic carbocycles.